The lowest BCUT2D eigenvalue weighted by atomic mass is 10.1. The Hall–Kier alpha value is -2.75. The van der Waals surface area contributed by atoms with Crippen LogP contribution in [0.3, 0.4) is 0 Å². The maximum Gasteiger partial charge on any atom is 0.224 e. The molecular weight excluding hydrogens is 288 g/mol. The van der Waals surface area contributed by atoms with Crippen molar-refractivity contribution < 1.29 is 9.53 Å². The molecule has 0 spiro atoms. The van der Waals surface area contributed by atoms with Gasteiger partial charge in [-0.3, -0.25) is 4.79 Å². The summed E-state index contributed by atoms with van der Waals surface area (Å²) in [7, 11) is 1.66. The van der Waals surface area contributed by atoms with Crippen LogP contribution in [0.1, 0.15) is 11.1 Å². The Balaban J connectivity index is 1.56. The van der Waals surface area contributed by atoms with E-state index in [9.17, 15) is 4.79 Å². The molecule has 0 aliphatic rings. The number of aromatic nitrogens is 1. The molecule has 0 fully saturated rings. The van der Waals surface area contributed by atoms with Crippen LogP contribution in [0.5, 0.6) is 5.75 Å². The minimum Gasteiger partial charge on any atom is -0.496 e. The molecule has 2 aromatic carbocycles. The summed E-state index contributed by atoms with van der Waals surface area (Å²) in [6.07, 6.45) is 3.05. The number of fused-ring (bicyclic) bond motifs is 1. The molecule has 3 aromatic rings. The number of rotatable bonds is 6. The molecule has 0 unspecified atom stereocenters. The smallest absolute Gasteiger partial charge is 0.224 e. The zero-order chi connectivity index (χ0) is 16.1. The zero-order valence-corrected chi connectivity index (χ0v) is 13.1. The number of hydrogen-bond acceptors (Lipinski definition) is 2. The molecule has 0 saturated carbocycles. The van der Waals surface area contributed by atoms with Crippen LogP contribution in [0.15, 0.2) is 54.7 Å². The Kier molecular flexibility index (Phi) is 4.62. The summed E-state index contributed by atoms with van der Waals surface area (Å²) < 4.78 is 5.32. The van der Waals surface area contributed by atoms with Crippen molar-refractivity contribution in [2.45, 2.75) is 12.8 Å². The van der Waals surface area contributed by atoms with Crippen LogP contribution in [0.4, 0.5) is 0 Å². The molecule has 0 saturated heterocycles. The lowest BCUT2D eigenvalue weighted by Crippen LogP contribution is -2.27. The van der Waals surface area contributed by atoms with Gasteiger partial charge in [0, 0.05) is 23.6 Å². The van der Waals surface area contributed by atoms with Gasteiger partial charge < -0.3 is 15.0 Å². The van der Waals surface area contributed by atoms with E-state index in [0.29, 0.717) is 13.0 Å². The maximum atomic E-state index is 12.1. The fourth-order valence-corrected chi connectivity index (χ4v) is 2.76. The van der Waals surface area contributed by atoms with Crippen molar-refractivity contribution in [2.24, 2.45) is 0 Å². The van der Waals surface area contributed by atoms with Gasteiger partial charge in [0.25, 0.3) is 0 Å². The first-order valence-corrected chi connectivity index (χ1v) is 7.71. The first kappa shape index (κ1) is 15.2. The van der Waals surface area contributed by atoms with E-state index in [1.165, 1.54) is 0 Å². The van der Waals surface area contributed by atoms with Crippen LogP contribution >= 0.6 is 0 Å². The number of methoxy groups -OCH3 is 1. The number of hydrogen-bond donors (Lipinski definition) is 2. The minimum atomic E-state index is 0.0321. The van der Waals surface area contributed by atoms with Gasteiger partial charge in [-0.2, -0.15) is 0 Å². The molecular formula is C19H20N2O2. The summed E-state index contributed by atoms with van der Waals surface area (Å²) in [6, 6.07) is 15.9. The topological polar surface area (TPSA) is 54.1 Å². The molecule has 4 nitrogen and oxygen atoms in total. The van der Waals surface area contributed by atoms with Crippen molar-refractivity contribution in [3.8, 4) is 5.75 Å². The number of amides is 1. The minimum absolute atomic E-state index is 0.0321. The van der Waals surface area contributed by atoms with Crippen molar-refractivity contribution in [3.05, 3.63) is 65.9 Å². The Morgan fingerprint density at radius 3 is 2.74 bits per heavy atom. The summed E-state index contributed by atoms with van der Waals surface area (Å²) in [5.41, 5.74) is 3.18. The second-order valence-corrected chi connectivity index (χ2v) is 5.45. The molecule has 0 atom stereocenters. The summed E-state index contributed by atoms with van der Waals surface area (Å²) in [5.74, 6) is 0.892. The van der Waals surface area contributed by atoms with Crippen LogP contribution in [-0.4, -0.2) is 24.5 Å². The Morgan fingerprint density at radius 2 is 1.87 bits per heavy atom. The third-order valence-corrected chi connectivity index (χ3v) is 3.93. The van der Waals surface area contributed by atoms with Gasteiger partial charge in [-0.1, -0.05) is 36.4 Å². The third kappa shape index (κ3) is 3.54. The van der Waals surface area contributed by atoms with E-state index in [4.69, 9.17) is 4.74 Å². The molecule has 0 radical (unpaired) electrons. The molecule has 2 N–H and O–H groups in total. The highest BCUT2D eigenvalue weighted by Gasteiger charge is 2.08. The van der Waals surface area contributed by atoms with Gasteiger partial charge in [-0.15, -0.1) is 0 Å². The van der Waals surface area contributed by atoms with Gasteiger partial charge >= 0.3 is 0 Å². The highest BCUT2D eigenvalue weighted by Crippen LogP contribution is 2.18. The predicted molar refractivity (Wildman–Crippen MR) is 91.7 cm³/mol. The van der Waals surface area contributed by atoms with Crippen LogP contribution in [0.2, 0.25) is 0 Å². The number of ether oxygens (including phenoxy) is 1. The molecule has 23 heavy (non-hydrogen) atoms. The van der Waals surface area contributed by atoms with Gasteiger partial charge in [0.2, 0.25) is 5.91 Å². The second kappa shape index (κ2) is 7.01. The standard InChI is InChI=1S/C19H20N2O2/c1-23-18-9-5-2-6-14(18)10-11-20-19(22)12-15-13-21-17-8-4-3-7-16(15)17/h2-9,13,21H,10-12H2,1H3,(H,20,22). The average molecular weight is 308 g/mol. The van der Waals surface area contributed by atoms with E-state index >= 15 is 0 Å². The van der Waals surface area contributed by atoms with Crippen molar-refractivity contribution in [3.63, 3.8) is 0 Å². The van der Waals surface area contributed by atoms with Crippen LogP contribution in [-0.2, 0) is 17.6 Å². The molecule has 3 rings (SSSR count). The molecule has 0 bridgehead atoms. The molecule has 1 heterocycles. The highest BCUT2D eigenvalue weighted by atomic mass is 16.5. The van der Waals surface area contributed by atoms with Crippen molar-refractivity contribution >= 4 is 16.8 Å². The normalized spacial score (nSPS) is 10.7. The van der Waals surface area contributed by atoms with Crippen LogP contribution in [0, 0.1) is 0 Å². The Labute approximate surface area is 135 Å². The number of benzene rings is 2. The van der Waals surface area contributed by atoms with Gasteiger partial charge in [-0.05, 0) is 29.7 Å². The first-order valence-electron chi connectivity index (χ1n) is 7.71. The van der Waals surface area contributed by atoms with Gasteiger partial charge in [0.05, 0.1) is 13.5 Å². The van der Waals surface area contributed by atoms with E-state index in [0.717, 1.165) is 34.2 Å². The SMILES string of the molecule is COc1ccccc1CCNC(=O)Cc1c[nH]c2ccccc12. The Bertz CT molecular complexity index is 808. The number of H-pyrrole nitrogens is 1. The molecule has 0 aliphatic heterocycles. The lowest BCUT2D eigenvalue weighted by Gasteiger charge is -2.09. The molecule has 1 amide bonds. The number of nitrogens with one attached hydrogen (secondary N) is 2. The summed E-state index contributed by atoms with van der Waals surface area (Å²) in [5, 5.41) is 4.08. The first-order chi connectivity index (χ1) is 11.3. The van der Waals surface area contributed by atoms with E-state index < -0.39 is 0 Å². The molecule has 0 aliphatic carbocycles. The van der Waals surface area contributed by atoms with Crippen molar-refractivity contribution in [2.75, 3.05) is 13.7 Å². The van der Waals surface area contributed by atoms with Crippen molar-refractivity contribution in [1.29, 1.82) is 0 Å². The average Bonchev–Trinajstić information content (AvgIpc) is 2.98. The monoisotopic (exact) mass is 308 g/mol. The summed E-state index contributed by atoms with van der Waals surface area (Å²) in [4.78, 5) is 15.3. The largest absolute Gasteiger partial charge is 0.496 e. The summed E-state index contributed by atoms with van der Waals surface area (Å²) >= 11 is 0. The fourth-order valence-electron chi connectivity index (χ4n) is 2.76. The highest BCUT2D eigenvalue weighted by molar-refractivity contribution is 5.88. The third-order valence-electron chi connectivity index (χ3n) is 3.93. The lowest BCUT2D eigenvalue weighted by molar-refractivity contribution is -0.120. The maximum absolute atomic E-state index is 12.1. The second-order valence-electron chi connectivity index (χ2n) is 5.45. The Morgan fingerprint density at radius 1 is 1.09 bits per heavy atom. The van der Waals surface area contributed by atoms with Crippen molar-refractivity contribution in [1.82, 2.24) is 10.3 Å². The number of aromatic amines is 1. The molecule has 1 aromatic heterocycles. The number of para-hydroxylation sites is 2. The van der Waals surface area contributed by atoms with E-state index in [2.05, 4.69) is 10.3 Å². The molecule has 4 heteroatoms. The fraction of sp³-hybridized carbons (Fsp3) is 0.211. The van der Waals surface area contributed by atoms with E-state index in [1.807, 2.05) is 54.7 Å². The predicted octanol–water partition coefficient (Wildman–Crippen LogP) is 3.08. The van der Waals surface area contributed by atoms with Crippen LogP contribution in [0.25, 0.3) is 10.9 Å². The zero-order valence-electron chi connectivity index (χ0n) is 13.1. The quantitative estimate of drug-likeness (QED) is 0.735. The van der Waals surface area contributed by atoms with Gasteiger partial charge in [0.15, 0.2) is 0 Å². The molecule has 118 valence electrons. The van der Waals surface area contributed by atoms with E-state index in [1.54, 1.807) is 7.11 Å². The summed E-state index contributed by atoms with van der Waals surface area (Å²) in [6.45, 7) is 0.599. The van der Waals surface area contributed by atoms with Gasteiger partial charge in [0.1, 0.15) is 5.75 Å². The van der Waals surface area contributed by atoms with Crippen LogP contribution < -0.4 is 10.1 Å². The number of carbonyl (C=O) groups is 1. The van der Waals surface area contributed by atoms with E-state index in [-0.39, 0.29) is 5.91 Å². The van der Waals surface area contributed by atoms with Gasteiger partial charge in [-0.25, -0.2) is 0 Å². The number of carbonyl (C=O) groups excluding carboxylic acids is 1.